The number of methoxy groups -OCH3 is 3. The van der Waals surface area contributed by atoms with Gasteiger partial charge in [0.1, 0.15) is 17.2 Å². The first-order valence-electron chi connectivity index (χ1n) is 10.3. The van der Waals surface area contributed by atoms with Gasteiger partial charge in [0.15, 0.2) is 0 Å². The van der Waals surface area contributed by atoms with Gasteiger partial charge >= 0.3 is 11.8 Å². The molecule has 1 atom stereocenters. The number of rotatable bonds is 8. The molecule has 1 saturated heterocycles. The zero-order chi connectivity index (χ0) is 22.9. The van der Waals surface area contributed by atoms with Crippen LogP contribution in [0, 0.1) is 0 Å². The first-order valence-corrected chi connectivity index (χ1v) is 10.3. The second-order valence-electron chi connectivity index (χ2n) is 7.17. The maximum atomic E-state index is 12.5. The highest BCUT2D eigenvalue weighted by Crippen LogP contribution is 2.29. The van der Waals surface area contributed by atoms with Gasteiger partial charge < -0.3 is 29.6 Å². The zero-order valence-corrected chi connectivity index (χ0v) is 18.6. The number of carbonyl (C=O) groups excluding carboxylic acids is 2. The lowest BCUT2D eigenvalue weighted by Crippen LogP contribution is -2.45. The van der Waals surface area contributed by atoms with Crippen LogP contribution in [0.4, 0.5) is 5.69 Å². The summed E-state index contributed by atoms with van der Waals surface area (Å²) in [7, 11) is 4.63. The Hall–Kier alpha value is -3.30. The van der Waals surface area contributed by atoms with E-state index in [2.05, 4.69) is 15.5 Å². The van der Waals surface area contributed by atoms with Gasteiger partial charge in [0, 0.05) is 25.7 Å². The largest absolute Gasteiger partial charge is 0.497 e. The monoisotopic (exact) mass is 443 g/mol. The summed E-state index contributed by atoms with van der Waals surface area (Å²) < 4.78 is 21.1. The van der Waals surface area contributed by atoms with Crippen molar-refractivity contribution in [2.24, 2.45) is 0 Å². The Bertz CT molecular complexity index is 912. The second-order valence-corrected chi connectivity index (χ2v) is 7.17. The molecule has 0 aliphatic carbocycles. The maximum absolute atomic E-state index is 12.5. The van der Waals surface area contributed by atoms with Crippen LogP contribution in [0.25, 0.3) is 0 Å². The minimum Gasteiger partial charge on any atom is -0.497 e. The molecule has 0 bridgehead atoms. The average molecular weight is 444 g/mol. The van der Waals surface area contributed by atoms with Crippen molar-refractivity contribution >= 4 is 17.5 Å². The van der Waals surface area contributed by atoms with Gasteiger partial charge in [-0.1, -0.05) is 12.1 Å². The number of amides is 2. The second kappa shape index (κ2) is 11.4. The van der Waals surface area contributed by atoms with E-state index in [4.69, 9.17) is 18.9 Å². The Morgan fingerprint density at radius 3 is 2.22 bits per heavy atom. The smallest absolute Gasteiger partial charge is 0.313 e. The molecule has 1 fully saturated rings. The standard InChI is InChI=1S/C23H29N3O6/c1-29-17-6-4-16(5-7-17)20(26-10-12-32-13-11-26)15-24-22(27)23(28)25-19-9-8-18(30-2)14-21(19)31-3/h4-9,14,20H,10-13,15H2,1-3H3,(H,24,27)(H,25,28)/t20-/m1/s1. The van der Waals surface area contributed by atoms with Gasteiger partial charge in [0.25, 0.3) is 0 Å². The van der Waals surface area contributed by atoms with Crippen molar-refractivity contribution in [3.05, 3.63) is 48.0 Å². The first-order chi connectivity index (χ1) is 15.5. The number of benzene rings is 2. The van der Waals surface area contributed by atoms with E-state index in [-0.39, 0.29) is 12.6 Å². The predicted molar refractivity (Wildman–Crippen MR) is 119 cm³/mol. The Morgan fingerprint density at radius 1 is 0.938 bits per heavy atom. The molecule has 1 aliphatic heterocycles. The van der Waals surface area contributed by atoms with Gasteiger partial charge in [-0.15, -0.1) is 0 Å². The van der Waals surface area contributed by atoms with Crippen LogP contribution in [0.15, 0.2) is 42.5 Å². The third-order valence-corrected chi connectivity index (χ3v) is 5.31. The summed E-state index contributed by atoms with van der Waals surface area (Å²) in [6.07, 6.45) is 0. The number of carbonyl (C=O) groups is 2. The van der Waals surface area contributed by atoms with Crippen LogP contribution in [0.5, 0.6) is 17.2 Å². The van der Waals surface area contributed by atoms with Crippen LogP contribution in [-0.2, 0) is 14.3 Å². The van der Waals surface area contributed by atoms with Crippen LogP contribution in [0.2, 0.25) is 0 Å². The minimum absolute atomic E-state index is 0.0999. The van der Waals surface area contributed by atoms with Crippen molar-refractivity contribution in [3.63, 3.8) is 0 Å². The summed E-state index contributed by atoms with van der Waals surface area (Å²) in [6.45, 7) is 3.00. The molecule has 172 valence electrons. The van der Waals surface area contributed by atoms with Gasteiger partial charge in [0.05, 0.1) is 46.3 Å². The SMILES string of the molecule is COc1ccc([C@@H](CNC(=O)C(=O)Nc2ccc(OC)cc2OC)N2CCOCC2)cc1. The highest BCUT2D eigenvalue weighted by molar-refractivity contribution is 6.39. The van der Waals surface area contributed by atoms with Crippen molar-refractivity contribution in [1.82, 2.24) is 10.2 Å². The fourth-order valence-corrected chi connectivity index (χ4v) is 3.52. The minimum atomic E-state index is -0.774. The number of morpholine rings is 1. The van der Waals surface area contributed by atoms with Crippen LogP contribution in [0.1, 0.15) is 11.6 Å². The van der Waals surface area contributed by atoms with Crippen LogP contribution >= 0.6 is 0 Å². The van der Waals surface area contributed by atoms with Gasteiger partial charge in [-0.05, 0) is 29.8 Å². The van der Waals surface area contributed by atoms with Gasteiger partial charge in [-0.3, -0.25) is 14.5 Å². The van der Waals surface area contributed by atoms with Gasteiger partial charge in [0.2, 0.25) is 0 Å². The molecule has 9 nitrogen and oxygen atoms in total. The summed E-state index contributed by atoms with van der Waals surface area (Å²) in [6, 6.07) is 12.5. The molecule has 9 heteroatoms. The first kappa shape index (κ1) is 23.4. The van der Waals surface area contributed by atoms with E-state index in [0.29, 0.717) is 30.4 Å². The summed E-state index contributed by atoms with van der Waals surface area (Å²) >= 11 is 0. The van der Waals surface area contributed by atoms with Crippen LogP contribution in [0.3, 0.4) is 0 Å². The highest BCUT2D eigenvalue weighted by atomic mass is 16.5. The van der Waals surface area contributed by atoms with E-state index in [0.717, 1.165) is 24.4 Å². The molecule has 0 spiro atoms. The van der Waals surface area contributed by atoms with Gasteiger partial charge in [-0.2, -0.15) is 0 Å². The molecule has 0 saturated carbocycles. The lowest BCUT2D eigenvalue weighted by molar-refractivity contribution is -0.136. The molecule has 3 rings (SSSR count). The van der Waals surface area contributed by atoms with Crippen molar-refractivity contribution < 1.29 is 28.5 Å². The molecule has 2 N–H and O–H groups in total. The lowest BCUT2D eigenvalue weighted by Gasteiger charge is -2.35. The fraction of sp³-hybridized carbons (Fsp3) is 0.391. The number of hydrogen-bond acceptors (Lipinski definition) is 7. The van der Waals surface area contributed by atoms with Crippen molar-refractivity contribution in [2.75, 3.05) is 59.5 Å². The van der Waals surface area contributed by atoms with Gasteiger partial charge in [-0.25, -0.2) is 0 Å². The molecular formula is C23H29N3O6. The Balaban J connectivity index is 1.66. The summed E-state index contributed by atoms with van der Waals surface area (Å²) in [5.41, 5.74) is 1.40. The van der Waals surface area contributed by atoms with E-state index in [1.54, 1.807) is 25.3 Å². The molecule has 0 unspecified atom stereocenters. The Labute approximate surface area is 187 Å². The third-order valence-electron chi connectivity index (χ3n) is 5.31. The van der Waals surface area contributed by atoms with E-state index >= 15 is 0 Å². The molecule has 32 heavy (non-hydrogen) atoms. The van der Waals surface area contributed by atoms with Crippen molar-refractivity contribution in [3.8, 4) is 17.2 Å². The normalized spacial score (nSPS) is 14.8. The summed E-state index contributed by atoms with van der Waals surface area (Å²) in [5.74, 6) is 0.233. The van der Waals surface area contributed by atoms with Crippen LogP contribution < -0.4 is 24.8 Å². The fourth-order valence-electron chi connectivity index (χ4n) is 3.52. The lowest BCUT2D eigenvalue weighted by atomic mass is 10.0. The number of ether oxygens (including phenoxy) is 4. The van der Waals surface area contributed by atoms with Crippen molar-refractivity contribution in [1.29, 1.82) is 0 Å². The average Bonchev–Trinajstić information content (AvgIpc) is 2.85. The predicted octanol–water partition coefficient (Wildman–Crippen LogP) is 1.84. The number of nitrogens with zero attached hydrogens (tertiary/aromatic N) is 1. The molecule has 1 aliphatic rings. The number of anilines is 1. The molecule has 1 heterocycles. The molecule has 2 amide bonds. The molecule has 0 radical (unpaired) electrons. The Morgan fingerprint density at radius 2 is 1.59 bits per heavy atom. The van der Waals surface area contributed by atoms with E-state index in [9.17, 15) is 9.59 Å². The molecule has 2 aromatic rings. The third kappa shape index (κ3) is 5.89. The van der Waals surface area contributed by atoms with Crippen LogP contribution in [-0.4, -0.2) is 70.9 Å². The van der Waals surface area contributed by atoms with E-state index in [1.165, 1.54) is 14.2 Å². The number of hydrogen-bond donors (Lipinski definition) is 2. The van der Waals surface area contributed by atoms with E-state index < -0.39 is 11.8 Å². The Kier molecular flexibility index (Phi) is 8.29. The van der Waals surface area contributed by atoms with E-state index in [1.807, 2.05) is 24.3 Å². The topological polar surface area (TPSA) is 98.4 Å². The zero-order valence-electron chi connectivity index (χ0n) is 18.6. The molecule has 0 aromatic heterocycles. The maximum Gasteiger partial charge on any atom is 0.313 e. The highest BCUT2D eigenvalue weighted by Gasteiger charge is 2.25. The summed E-state index contributed by atoms with van der Waals surface area (Å²) in [4.78, 5) is 27.3. The quantitative estimate of drug-likeness (QED) is 0.601. The summed E-state index contributed by atoms with van der Waals surface area (Å²) in [5, 5.41) is 5.35. The molecular weight excluding hydrogens is 414 g/mol. The molecule has 2 aromatic carbocycles. The number of nitrogens with one attached hydrogen (secondary N) is 2. The van der Waals surface area contributed by atoms with Crippen molar-refractivity contribution in [2.45, 2.75) is 6.04 Å².